The standard InChI is InChI=1S/C14H20BrFO2/c1-4-5-6-9(2)14(17)10-7-11(15)12(16)8-13(10)18-3/h7-9,14,17H,4-6H2,1-3H3. The van der Waals surface area contributed by atoms with Crippen LogP contribution in [-0.4, -0.2) is 12.2 Å². The van der Waals surface area contributed by atoms with Crippen molar-refractivity contribution in [2.24, 2.45) is 5.92 Å². The molecule has 2 nitrogen and oxygen atoms in total. The molecule has 1 rings (SSSR count). The first-order chi connectivity index (χ1) is 8.51. The quantitative estimate of drug-likeness (QED) is 0.839. The zero-order valence-corrected chi connectivity index (χ0v) is 12.6. The Kier molecular flexibility index (Phi) is 6.09. The summed E-state index contributed by atoms with van der Waals surface area (Å²) in [5.41, 5.74) is 0.634. The number of unbranched alkanes of at least 4 members (excludes halogenated alkanes) is 1. The predicted molar refractivity (Wildman–Crippen MR) is 74.3 cm³/mol. The molecule has 0 heterocycles. The molecule has 1 N–H and O–H groups in total. The topological polar surface area (TPSA) is 29.5 Å². The van der Waals surface area contributed by atoms with Gasteiger partial charge in [-0.25, -0.2) is 4.39 Å². The largest absolute Gasteiger partial charge is 0.496 e. The molecule has 0 aliphatic rings. The van der Waals surface area contributed by atoms with Crippen LogP contribution in [0, 0.1) is 11.7 Å². The van der Waals surface area contributed by atoms with E-state index >= 15 is 0 Å². The van der Waals surface area contributed by atoms with Crippen molar-refractivity contribution in [3.63, 3.8) is 0 Å². The van der Waals surface area contributed by atoms with Crippen molar-refractivity contribution in [2.75, 3.05) is 7.11 Å². The van der Waals surface area contributed by atoms with Crippen molar-refractivity contribution in [3.8, 4) is 5.75 Å². The Labute approximate surface area is 116 Å². The molecule has 4 heteroatoms. The first-order valence-corrected chi connectivity index (χ1v) is 7.01. The minimum absolute atomic E-state index is 0.121. The number of hydrogen-bond donors (Lipinski definition) is 1. The van der Waals surface area contributed by atoms with Gasteiger partial charge in [-0.15, -0.1) is 0 Å². The molecule has 0 saturated heterocycles. The summed E-state index contributed by atoms with van der Waals surface area (Å²) in [6.45, 7) is 4.12. The minimum Gasteiger partial charge on any atom is -0.496 e. The van der Waals surface area contributed by atoms with Crippen LogP contribution < -0.4 is 4.74 Å². The van der Waals surface area contributed by atoms with Gasteiger partial charge in [0.25, 0.3) is 0 Å². The number of rotatable bonds is 6. The van der Waals surface area contributed by atoms with Crippen molar-refractivity contribution in [2.45, 2.75) is 39.2 Å². The highest BCUT2D eigenvalue weighted by Gasteiger charge is 2.21. The van der Waals surface area contributed by atoms with Gasteiger partial charge in [-0.2, -0.15) is 0 Å². The molecule has 0 aromatic heterocycles. The zero-order valence-electron chi connectivity index (χ0n) is 11.0. The molecule has 18 heavy (non-hydrogen) atoms. The molecule has 0 aliphatic heterocycles. The van der Waals surface area contributed by atoms with Crippen molar-refractivity contribution in [1.29, 1.82) is 0 Å². The SMILES string of the molecule is CCCCC(C)C(O)c1cc(Br)c(F)cc1OC. The van der Waals surface area contributed by atoms with Gasteiger partial charge in [0.2, 0.25) is 0 Å². The van der Waals surface area contributed by atoms with E-state index in [9.17, 15) is 9.50 Å². The number of methoxy groups -OCH3 is 1. The van der Waals surface area contributed by atoms with Gasteiger partial charge in [0, 0.05) is 11.6 Å². The van der Waals surface area contributed by atoms with E-state index in [1.807, 2.05) is 6.92 Å². The Morgan fingerprint density at radius 3 is 2.67 bits per heavy atom. The summed E-state index contributed by atoms with van der Waals surface area (Å²) >= 11 is 3.14. The molecule has 1 aromatic rings. The highest BCUT2D eigenvalue weighted by atomic mass is 79.9. The third-order valence-corrected chi connectivity index (χ3v) is 3.75. The Hall–Kier alpha value is -0.610. The lowest BCUT2D eigenvalue weighted by atomic mass is 9.92. The molecular weight excluding hydrogens is 299 g/mol. The maximum Gasteiger partial charge on any atom is 0.141 e. The lowest BCUT2D eigenvalue weighted by Crippen LogP contribution is -2.11. The molecule has 1 aromatic carbocycles. The van der Waals surface area contributed by atoms with Crippen molar-refractivity contribution < 1.29 is 14.2 Å². The molecule has 0 saturated carbocycles. The Morgan fingerprint density at radius 2 is 2.11 bits per heavy atom. The highest BCUT2D eigenvalue weighted by molar-refractivity contribution is 9.10. The molecule has 102 valence electrons. The fourth-order valence-corrected chi connectivity index (χ4v) is 2.30. The fourth-order valence-electron chi connectivity index (χ4n) is 1.94. The summed E-state index contributed by atoms with van der Waals surface area (Å²) in [4.78, 5) is 0. The first kappa shape index (κ1) is 15.4. The monoisotopic (exact) mass is 318 g/mol. The second-order valence-electron chi connectivity index (χ2n) is 4.57. The van der Waals surface area contributed by atoms with Crippen LogP contribution in [0.3, 0.4) is 0 Å². The van der Waals surface area contributed by atoms with Crippen LogP contribution in [0.25, 0.3) is 0 Å². The van der Waals surface area contributed by atoms with E-state index in [4.69, 9.17) is 4.74 Å². The number of aliphatic hydroxyl groups is 1. The predicted octanol–water partition coefficient (Wildman–Crippen LogP) is 4.46. The summed E-state index contributed by atoms with van der Waals surface area (Å²) in [6.07, 6.45) is 2.48. The Bertz CT molecular complexity index is 396. The number of ether oxygens (including phenoxy) is 1. The van der Waals surface area contributed by atoms with Crippen LogP contribution in [0.5, 0.6) is 5.75 Å². The van der Waals surface area contributed by atoms with Gasteiger partial charge in [0.15, 0.2) is 0 Å². The van der Waals surface area contributed by atoms with E-state index in [-0.39, 0.29) is 11.7 Å². The maximum atomic E-state index is 13.4. The smallest absolute Gasteiger partial charge is 0.141 e. The van der Waals surface area contributed by atoms with E-state index in [2.05, 4.69) is 22.9 Å². The first-order valence-electron chi connectivity index (χ1n) is 6.22. The molecular formula is C14H20BrFO2. The van der Waals surface area contributed by atoms with Crippen LogP contribution in [0.15, 0.2) is 16.6 Å². The summed E-state index contributed by atoms with van der Waals surface area (Å²) in [6, 6.07) is 2.90. The van der Waals surface area contributed by atoms with Gasteiger partial charge in [0.05, 0.1) is 17.7 Å². The van der Waals surface area contributed by atoms with E-state index in [1.54, 1.807) is 6.07 Å². The number of benzene rings is 1. The average Bonchev–Trinajstić information content (AvgIpc) is 2.37. The number of hydrogen-bond acceptors (Lipinski definition) is 2. The van der Waals surface area contributed by atoms with Crippen LogP contribution in [0.1, 0.15) is 44.8 Å². The molecule has 0 amide bonds. The molecule has 0 spiro atoms. The second kappa shape index (κ2) is 7.10. The Morgan fingerprint density at radius 1 is 1.44 bits per heavy atom. The second-order valence-corrected chi connectivity index (χ2v) is 5.43. The Balaban J connectivity index is 2.96. The van der Waals surface area contributed by atoms with Crippen molar-refractivity contribution >= 4 is 15.9 Å². The molecule has 0 bridgehead atoms. The zero-order chi connectivity index (χ0) is 13.7. The van der Waals surface area contributed by atoms with Crippen LogP contribution in [0.2, 0.25) is 0 Å². The lowest BCUT2D eigenvalue weighted by molar-refractivity contribution is 0.108. The average molecular weight is 319 g/mol. The van der Waals surface area contributed by atoms with Crippen molar-refractivity contribution in [1.82, 2.24) is 0 Å². The van der Waals surface area contributed by atoms with Crippen LogP contribution in [-0.2, 0) is 0 Å². The highest BCUT2D eigenvalue weighted by Crippen LogP contribution is 2.35. The molecule has 0 fully saturated rings. The van der Waals surface area contributed by atoms with Gasteiger partial charge in [-0.05, 0) is 34.3 Å². The van der Waals surface area contributed by atoms with E-state index in [0.717, 1.165) is 19.3 Å². The maximum absolute atomic E-state index is 13.4. The fraction of sp³-hybridized carbons (Fsp3) is 0.571. The van der Waals surface area contributed by atoms with Crippen LogP contribution >= 0.6 is 15.9 Å². The summed E-state index contributed by atoms with van der Waals surface area (Å²) in [5.74, 6) is 0.131. The summed E-state index contributed by atoms with van der Waals surface area (Å²) in [7, 11) is 1.48. The molecule has 0 aliphatic carbocycles. The minimum atomic E-state index is -0.636. The summed E-state index contributed by atoms with van der Waals surface area (Å²) in [5, 5.41) is 10.3. The van der Waals surface area contributed by atoms with Gasteiger partial charge in [-0.3, -0.25) is 0 Å². The summed E-state index contributed by atoms with van der Waals surface area (Å²) < 4.78 is 18.9. The molecule has 2 atom stereocenters. The molecule has 2 unspecified atom stereocenters. The lowest BCUT2D eigenvalue weighted by Gasteiger charge is -2.21. The third-order valence-electron chi connectivity index (χ3n) is 3.14. The van der Waals surface area contributed by atoms with E-state index < -0.39 is 6.10 Å². The van der Waals surface area contributed by atoms with Crippen molar-refractivity contribution in [3.05, 3.63) is 28.0 Å². The van der Waals surface area contributed by atoms with Gasteiger partial charge in [-0.1, -0.05) is 26.7 Å². The van der Waals surface area contributed by atoms with Gasteiger partial charge >= 0.3 is 0 Å². The van der Waals surface area contributed by atoms with E-state index in [0.29, 0.717) is 15.8 Å². The normalized spacial score (nSPS) is 14.3. The molecule has 0 radical (unpaired) electrons. The number of aliphatic hydroxyl groups excluding tert-OH is 1. The van der Waals surface area contributed by atoms with E-state index in [1.165, 1.54) is 13.2 Å². The van der Waals surface area contributed by atoms with Gasteiger partial charge in [0.1, 0.15) is 11.6 Å². The van der Waals surface area contributed by atoms with Crippen LogP contribution in [0.4, 0.5) is 4.39 Å². The number of halogens is 2. The van der Waals surface area contributed by atoms with Gasteiger partial charge < -0.3 is 9.84 Å². The third kappa shape index (κ3) is 3.69.